The Labute approximate surface area is 178 Å². The van der Waals surface area contributed by atoms with Crippen LogP contribution in [0.25, 0.3) is 11.3 Å². The van der Waals surface area contributed by atoms with E-state index in [1.54, 1.807) is 24.3 Å². The van der Waals surface area contributed by atoms with Crippen LogP contribution in [0, 0.1) is 0 Å². The maximum atomic E-state index is 12.5. The van der Waals surface area contributed by atoms with Crippen LogP contribution >= 0.6 is 11.6 Å². The van der Waals surface area contributed by atoms with Crippen molar-refractivity contribution in [3.05, 3.63) is 53.2 Å². The Morgan fingerprint density at radius 2 is 1.77 bits per heavy atom. The number of H-pyrrole nitrogens is 1. The van der Waals surface area contributed by atoms with E-state index in [1.165, 1.54) is 39.5 Å². The lowest BCUT2D eigenvalue weighted by Crippen LogP contribution is -2.19. The molecule has 9 nitrogen and oxygen atoms in total. The minimum atomic E-state index is -3.75. The SMILES string of the molecule is CNS(=O)(=O)c1cc(-c2cc(C(=O)Nc3ccc(OC)c(Cl)c3)[nH]n2)ccc1OC. The second kappa shape index (κ2) is 8.74. The van der Waals surface area contributed by atoms with Crippen molar-refractivity contribution < 1.29 is 22.7 Å². The van der Waals surface area contributed by atoms with Crippen LogP contribution in [-0.2, 0) is 10.0 Å². The third kappa shape index (κ3) is 4.40. The molecule has 0 fully saturated rings. The van der Waals surface area contributed by atoms with Crippen LogP contribution in [0.5, 0.6) is 11.5 Å². The molecule has 3 aromatic rings. The standard InChI is InChI=1S/C19H19ClN4O5S/c1-21-30(26,27)18-8-11(4-6-17(18)29-3)14-10-15(24-23-14)19(25)22-12-5-7-16(28-2)13(20)9-12/h4-10,21H,1-3H3,(H,22,25)(H,23,24). The molecule has 30 heavy (non-hydrogen) atoms. The molecular weight excluding hydrogens is 432 g/mol. The number of halogens is 1. The van der Waals surface area contributed by atoms with Crippen LogP contribution in [0.15, 0.2) is 47.4 Å². The van der Waals surface area contributed by atoms with Crippen molar-refractivity contribution in [2.45, 2.75) is 4.90 Å². The predicted octanol–water partition coefficient (Wildman–Crippen LogP) is 2.91. The van der Waals surface area contributed by atoms with Crippen LogP contribution < -0.4 is 19.5 Å². The van der Waals surface area contributed by atoms with Gasteiger partial charge in [-0.2, -0.15) is 5.10 Å². The Morgan fingerprint density at radius 1 is 1.07 bits per heavy atom. The third-order valence-corrected chi connectivity index (χ3v) is 5.98. The zero-order valence-corrected chi connectivity index (χ0v) is 17.9. The highest BCUT2D eigenvalue weighted by molar-refractivity contribution is 7.89. The lowest BCUT2D eigenvalue weighted by atomic mass is 10.1. The number of methoxy groups -OCH3 is 2. The molecule has 0 unspecified atom stereocenters. The van der Waals surface area contributed by atoms with Crippen molar-refractivity contribution in [2.24, 2.45) is 0 Å². The Kier molecular flexibility index (Phi) is 6.30. The molecule has 0 saturated carbocycles. The summed E-state index contributed by atoms with van der Waals surface area (Å²) in [7, 11) is 0.442. The molecule has 3 rings (SSSR count). The highest BCUT2D eigenvalue weighted by atomic mass is 35.5. The van der Waals surface area contributed by atoms with E-state index in [-0.39, 0.29) is 16.3 Å². The van der Waals surface area contributed by atoms with Crippen molar-refractivity contribution in [1.82, 2.24) is 14.9 Å². The highest BCUT2D eigenvalue weighted by Crippen LogP contribution is 2.30. The molecule has 0 saturated heterocycles. The van der Waals surface area contributed by atoms with Crippen LogP contribution in [0.3, 0.4) is 0 Å². The minimum Gasteiger partial charge on any atom is -0.495 e. The average molecular weight is 451 g/mol. The van der Waals surface area contributed by atoms with Crippen molar-refractivity contribution in [3.63, 3.8) is 0 Å². The second-order valence-corrected chi connectivity index (χ2v) is 8.31. The molecule has 0 aliphatic rings. The van der Waals surface area contributed by atoms with Gasteiger partial charge in [-0.1, -0.05) is 11.6 Å². The number of rotatable bonds is 7. The number of anilines is 1. The van der Waals surface area contributed by atoms with Gasteiger partial charge in [0.2, 0.25) is 10.0 Å². The molecule has 0 radical (unpaired) electrons. The van der Waals surface area contributed by atoms with Gasteiger partial charge in [-0.05, 0) is 49.5 Å². The number of benzene rings is 2. The quantitative estimate of drug-likeness (QED) is 0.508. The number of ether oxygens (including phenoxy) is 2. The molecule has 1 heterocycles. The Bertz CT molecular complexity index is 1190. The fourth-order valence-electron chi connectivity index (χ4n) is 2.68. The van der Waals surface area contributed by atoms with Gasteiger partial charge in [0.15, 0.2) is 0 Å². The number of carbonyl (C=O) groups is 1. The lowest BCUT2D eigenvalue weighted by molar-refractivity contribution is 0.102. The van der Waals surface area contributed by atoms with Crippen molar-refractivity contribution in [1.29, 1.82) is 0 Å². The normalized spacial score (nSPS) is 11.2. The van der Waals surface area contributed by atoms with Crippen LogP contribution in [-0.4, -0.2) is 45.8 Å². The van der Waals surface area contributed by atoms with Gasteiger partial charge in [-0.25, -0.2) is 13.1 Å². The first-order valence-electron chi connectivity index (χ1n) is 8.61. The molecule has 3 N–H and O–H groups in total. The van der Waals surface area contributed by atoms with Crippen molar-refractivity contribution in [2.75, 3.05) is 26.6 Å². The number of aromatic amines is 1. The van der Waals surface area contributed by atoms with Crippen molar-refractivity contribution in [3.8, 4) is 22.8 Å². The minimum absolute atomic E-state index is 0.0353. The Balaban J connectivity index is 1.86. The molecule has 1 amide bonds. The van der Waals surface area contributed by atoms with Gasteiger partial charge in [-0.3, -0.25) is 9.89 Å². The average Bonchev–Trinajstić information content (AvgIpc) is 3.24. The van der Waals surface area contributed by atoms with E-state index < -0.39 is 15.9 Å². The molecule has 11 heteroatoms. The number of hydrogen-bond donors (Lipinski definition) is 3. The van der Waals surface area contributed by atoms with E-state index in [2.05, 4.69) is 20.2 Å². The Hall–Kier alpha value is -3.08. The maximum Gasteiger partial charge on any atom is 0.273 e. The molecular formula is C19H19ClN4O5S. The summed E-state index contributed by atoms with van der Waals surface area (Å²) in [5, 5.41) is 9.82. The maximum absolute atomic E-state index is 12.5. The monoisotopic (exact) mass is 450 g/mol. The first-order chi connectivity index (χ1) is 14.3. The number of amides is 1. The van der Waals surface area contributed by atoms with Crippen LogP contribution in [0.1, 0.15) is 10.5 Å². The molecule has 0 spiro atoms. The molecule has 0 atom stereocenters. The zero-order chi connectivity index (χ0) is 21.9. The largest absolute Gasteiger partial charge is 0.495 e. The van der Waals surface area contributed by atoms with E-state index in [0.29, 0.717) is 27.7 Å². The summed E-state index contributed by atoms with van der Waals surface area (Å²) in [5.41, 5.74) is 1.55. The zero-order valence-electron chi connectivity index (χ0n) is 16.3. The van der Waals surface area contributed by atoms with E-state index in [9.17, 15) is 13.2 Å². The predicted molar refractivity (Wildman–Crippen MR) is 113 cm³/mol. The topological polar surface area (TPSA) is 122 Å². The lowest BCUT2D eigenvalue weighted by Gasteiger charge is -2.10. The van der Waals surface area contributed by atoms with Gasteiger partial charge in [0.25, 0.3) is 5.91 Å². The van der Waals surface area contributed by atoms with Gasteiger partial charge >= 0.3 is 0 Å². The van der Waals surface area contributed by atoms with Gasteiger partial charge < -0.3 is 14.8 Å². The number of hydrogen-bond acceptors (Lipinski definition) is 6. The number of carbonyl (C=O) groups excluding carboxylic acids is 1. The number of nitrogens with zero attached hydrogens (tertiary/aromatic N) is 1. The van der Waals surface area contributed by atoms with Gasteiger partial charge in [0.1, 0.15) is 22.1 Å². The van der Waals surface area contributed by atoms with Gasteiger partial charge in [-0.15, -0.1) is 0 Å². The van der Waals surface area contributed by atoms with Gasteiger partial charge in [0.05, 0.1) is 24.9 Å². The van der Waals surface area contributed by atoms with E-state index in [4.69, 9.17) is 21.1 Å². The molecule has 2 aromatic carbocycles. The Morgan fingerprint density at radius 3 is 2.40 bits per heavy atom. The summed E-state index contributed by atoms with van der Waals surface area (Å²) in [6.07, 6.45) is 0. The van der Waals surface area contributed by atoms with E-state index in [0.717, 1.165) is 0 Å². The molecule has 0 aliphatic heterocycles. The molecule has 0 aliphatic carbocycles. The summed E-state index contributed by atoms with van der Waals surface area (Å²) < 4.78 is 37.0. The highest BCUT2D eigenvalue weighted by Gasteiger charge is 2.20. The molecule has 158 valence electrons. The number of nitrogens with one attached hydrogen (secondary N) is 3. The summed E-state index contributed by atoms with van der Waals surface area (Å²) >= 11 is 6.07. The first kappa shape index (κ1) is 21.6. The second-order valence-electron chi connectivity index (χ2n) is 6.04. The third-order valence-electron chi connectivity index (χ3n) is 4.25. The summed E-state index contributed by atoms with van der Waals surface area (Å²) in [6.45, 7) is 0. The van der Waals surface area contributed by atoms with Crippen LogP contribution in [0.4, 0.5) is 5.69 Å². The summed E-state index contributed by atoms with van der Waals surface area (Å²) in [4.78, 5) is 12.5. The number of aromatic nitrogens is 2. The smallest absolute Gasteiger partial charge is 0.273 e. The molecule has 0 bridgehead atoms. The summed E-state index contributed by atoms with van der Waals surface area (Å²) in [5.74, 6) is 0.245. The van der Waals surface area contributed by atoms with Crippen LogP contribution in [0.2, 0.25) is 5.02 Å². The van der Waals surface area contributed by atoms with Crippen molar-refractivity contribution >= 4 is 33.2 Å². The van der Waals surface area contributed by atoms with E-state index in [1.807, 2.05) is 0 Å². The molecule has 1 aromatic heterocycles. The fraction of sp³-hybridized carbons (Fsp3) is 0.158. The summed E-state index contributed by atoms with van der Waals surface area (Å²) in [6, 6.07) is 11.0. The fourth-order valence-corrected chi connectivity index (χ4v) is 3.86. The number of sulfonamides is 1. The first-order valence-corrected chi connectivity index (χ1v) is 10.5. The van der Waals surface area contributed by atoms with E-state index >= 15 is 0 Å². The van der Waals surface area contributed by atoms with Gasteiger partial charge in [0, 0.05) is 11.3 Å².